The first-order valence-corrected chi connectivity index (χ1v) is 7.62. The Balaban J connectivity index is 0.000000626. The lowest BCUT2D eigenvalue weighted by molar-refractivity contribution is 0.230. The number of carbonyl (C=O) groups is 1. The van der Waals surface area contributed by atoms with Gasteiger partial charge < -0.3 is 14.8 Å². The molecule has 1 N–H and O–H groups in total. The first-order valence-electron chi connectivity index (χ1n) is 6.28. The number of hydrogen-bond donors (Lipinski definition) is 1. The van der Waals surface area contributed by atoms with Crippen LogP contribution in [0.5, 0.6) is 0 Å². The minimum absolute atomic E-state index is 0.112. The van der Waals surface area contributed by atoms with Crippen LogP contribution in [0, 0.1) is 0 Å². The van der Waals surface area contributed by atoms with Crippen LogP contribution >= 0.6 is 0 Å². The van der Waals surface area contributed by atoms with Gasteiger partial charge in [0.25, 0.3) is 0 Å². The van der Waals surface area contributed by atoms with Gasteiger partial charge in [-0.25, -0.2) is 13.2 Å². The Bertz CT molecular complexity index is 594. The Hall–Kier alpha value is -1.68. The fraction of sp³-hybridized carbons (Fsp3) is 0.462. The van der Waals surface area contributed by atoms with Crippen molar-refractivity contribution in [1.82, 2.24) is 9.38 Å². The molecular formula is C13H23N3O5S. The summed E-state index contributed by atoms with van der Waals surface area (Å²) in [5.74, 6) is 0. The van der Waals surface area contributed by atoms with Crippen molar-refractivity contribution < 1.29 is 21.9 Å². The molecule has 0 spiro atoms. The number of nitrogens with one attached hydrogen (secondary N) is 1. The van der Waals surface area contributed by atoms with E-state index in [1.165, 1.54) is 4.90 Å². The molecule has 126 valence electrons. The molecule has 8 nitrogen and oxygen atoms in total. The maximum atomic E-state index is 11.5. The molecule has 0 aliphatic rings. The van der Waals surface area contributed by atoms with Gasteiger partial charge in [0.2, 0.25) is 10.4 Å². The number of urea groups is 1. The summed E-state index contributed by atoms with van der Waals surface area (Å²) in [6, 6.07) is 7.76. The van der Waals surface area contributed by atoms with Crippen molar-refractivity contribution in [3.05, 3.63) is 24.3 Å². The molecular weight excluding hydrogens is 310 g/mol. The Labute approximate surface area is 131 Å². The molecule has 9 heteroatoms. The third kappa shape index (κ3) is 8.57. The monoisotopic (exact) mass is 333 g/mol. The fourth-order valence-corrected chi connectivity index (χ4v) is 1.24. The molecule has 0 heterocycles. The highest BCUT2D eigenvalue weighted by Gasteiger charge is 2.13. The maximum Gasteiger partial charge on any atom is 0.321 e. The molecule has 0 saturated heterocycles. The van der Waals surface area contributed by atoms with E-state index in [0.717, 1.165) is 23.0 Å². The Morgan fingerprint density at radius 3 is 2.14 bits per heavy atom. The Morgan fingerprint density at radius 1 is 1.27 bits per heavy atom. The van der Waals surface area contributed by atoms with Gasteiger partial charge in [-0.2, -0.15) is 0 Å². The molecule has 0 bridgehead atoms. The maximum absolute atomic E-state index is 11.5. The number of quaternary nitrogens is 1. The minimum Gasteiger partial charge on any atom is -0.726 e. The normalized spacial score (nSPS) is 11.2. The average molecular weight is 333 g/mol. The predicted molar refractivity (Wildman–Crippen MR) is 85.4 cm³/mol. The van der Waals surface area contributed by atoms with E-state index in [9.17, 15) is 17.8 Å². The van der Waals surface area contributed by atoms with Crippen molar-refractivity contribution in [3.8, 4) is 0 Å². The number of nitrogens with zero attached hydrogens (tertiary/aromatic N) is 2. The standard InChI is InChI=1S/C12H19N3O.CH4O4S/c1-14(2)12(16)13-10-7-6-8-11(9-10)15(3,4)5;1-5-6(2,3)4/h6-9H,1-5H3;1H3,(H,2,3,4). The van der Waals surface area contributed by atoms with Crippen molar-refractivity contribution in [3.63, 3.8) is 0 Å². The van der Waals surface area contributed by atoms with Crippen LogP contribution in [0.4, 0.5) is 16.2 Å². The van der Waals surface area contributed by atoms with Crippen LogP contribution in [0.15, 0.2) is 24.3 Å². The third-order valence-electron chi connectivity index (χ3n) is 2.48. The van der Waals surface area contributed by atoms with E-state index in [2.05, 4.69) is 30.6 Å². The summed E-state index contributed by atoms with van der Waals surface area (Å²) in [5.41, 5.74) is 1.97. The summed E-state index contributed by atoms with van der Waals surface area (Å²) in [5, 5.41) is 2.83. The third-order valence-corrected chi connectivity index (χ3v) is 2.89. The molecule has 0 aliphatic heterocycles. The van der Waals surface area contributed by atoms with Crippen molar-refractivity contribution in [2.24, 2.45) is 0 Å². The predicted octanol–water partition coefficient (Wildman–Crippen LogP) is 1.07. The number of anilines is 1. The molecule has 0 aliphatic carbocycles. The van der Waals surface area contributed by atoms with Gasteiger partial charge in [-0.05, 0) is 12.1 Å². The van der Waals surface area contributed by atoms with Crippen molar-refractivity contribution in [1.29, 1.82) is 0 Å². The molecule has 0 radical (unpaired) electrons. The lowest BCUT2D eigenvalue weighted by Gasteiger charge is -2.24. The average Bonchev–Trinajstić information content (AvgIpc) is 2.38. The minimum atomic E-state index is -4.41. The van der Waals surface area contributed by atoms with E-state index in [0.29, 0.717) is 0 Å². The number of amides is 2. The van der Waals surface area contributed by atoms with Gasteiger partial charge in [0.15, 0.2) is 0 Å². The molecule has 0 atom stereocenters. The second-order valence-electron chi connectivity index (χ2n) is 5.46. The van der Waals surface area contributed by atoms with Crippen molar-refractivity contribution in [2.45, 2.75) is 0 Å². The van der Waals surface area contributed by atoms with Crippen LogP contribution in [0.2, 0.25) is 0 Å². The van der Waals surface area contributed by atoms with E-state index < -0.39 is 10.4 Å². The molecule has 1 aromatic rings. The summed E-state index contributed by atoms with van der Waals surface area (Å²) < 4.78 is 31.7. The SMILES string of the molecule is CN(C)C(=O)Nc1cccc([N+](C)(C)C)c1.COS(=O)(=O)[O-]. The van der Waals surface area contributed by atoms with Crippen LogP contribution in [0.3, 0.4) is 0 Å². The van der Waals surface area contributed by atoms with Gasteiger partial charge in [-0.3, -0.25) is 8.67 Å². The second-order valence-corrected chi connectivity index (χ2v) is 6.61. The molecule has 1 rings (SSSR count). The zero-order chi connectivity index (χ0) is 17.6. The molecule has 0 saturated carbocycles. The number of benzene rings is 1. The lowest BCUT2D eigenvalue weighted by Crippen LogP contribution is -2.34. The van der Waals surface area contributed by atoms with Gasteiger partial charge in [-0.1, -0.05) is 6.07 Å². The second kappa shape index (κ2) is 8.08. The van der Waals surface area contributed by atoms with Gasteiger partial charge in [-0.15, -0.1) is 0 Å². The molecule has 22 heavy (non-hydrogen) atoms. The molecule has 1 aromatic carbocycles. The lowest BCUT2D eigenvalue weighted by atomic mass is 10.2. The van der Waals surface area contributed by atoms with Crippen LogP contribution in [0.25, 0.3) is 0 Å². The van der Waals surface area contributed by atoms with Gasteiger partial charge in [0.1, 0.15) is 5.69 Å². The van der Waals surface area contributed by atoms with E-state index in [1.54, 1.807) is 14.1 Å². The Kier molecular flexibility index (Phi) is 7.47. The molecule has 0 aromatic heterocycles. The summed E-state index contributed by atoms with van der Waals surface area (Å²) in [7, 11) is 6.11. The highest BCUT2D eigenvalue weighted by Crippen LogP contribution is 2.21. The number of rotatable bonds is 3. The summed E-state index contributed by atoms with van der Waals surface area (Å²) in [6.07, 6.45) is 0. The van der Waals surface area contributed by atoms with Gasteiger partial charge in [0, 0.05) is 25.8 Å². The largest absolute Gasteiger partial charge is 0.726 e. The Morgan fingerprint density at radius 2 is 1.77 bits per heavy atom. The summed E-state index contributed by atoms with van der Waals surface area (Å²) in [6.45, 7) is 0. The quantitative estimate of drug-likeness (QED) is 0.507. The van der Waals surface area contributed by atoms with Crippen LogP contribution in [0.1, 0.15) is 0 Å². The highest BCUT2D eigenvalue weighted by atomic mass is 32.3. The van der Waals surface area contributed by atoms with Crippen LogP contribution in [-0.4, -0.2) is 66.2 Å². The summed E-state index contributed by atoms with van der Waals surface area (Å²) in [4.78, 5) is 13.0. The molecule has 2 amide bonds. The first-order chi connectivity index (χ1) is 9.86. The zero-order valence-corrected chi connectivity index (χ0v) is 14.5. The van der Waals surface area contributed by atoms with E-state index in [1.807, 2.05) is 24.3 Å². The smallest absolute Gasteiger partial charge is 0.321 e. The zero-order valence-electron chi connectivity index (χ0n) is 13.7. The first kappa shape index (κ1) is 20.3. The topological polar surface area (TPSA) is 98.8 Å². The van der Waals surface area contributed by atoms with E-state index >= 15 is 0 Å². The molecule has 0 unspecified atom stereocenters. The van der Waals surface area contributed by atoms with E-state index in [-0.39, 0.29) is 6.03 Å². The number of hydrogen-bond acceptors (Lipinski definition) is 5. The van der Waals surface area contributed by atoms with Crippen LogP contribution in [-0.2, 0) is 14.6 Å². The fourth-order valence-electron chi connectivity index (χ4n) is 1.24. The highest BCUT2D eigenvalue weighted by molar-refractivity contribution is 7.80. The summed E-state index contributed by atoms with van der Waals surface area (Å²) >= 11 is 0. The van der Waals surface area contributed by atoms with Crippen molar-refractivity contribution in [2.75, 3.05) is 47.7 Å². The van der Waals surface area contributed by atoms with Gasteiger partial charge >= 0.3 is 6.03 Å². The molecule has 0 fully saturated rings. The van der Waals surface area contributed by atoms with Crippen LogP contribution < -0.4 is 9.80 Å². The number of carbonyl (C=O) groups excluding carboxylic acids is 1. The van der Waals surface area contributed by atoms with Crippen molar-refractivity contribution >= 4 is 27.8 Å². The van der Waals surface area contributed by atoms with Gasteiger partial charge in [0.05, 0.1) is 28.3 Å². The van der Waals surface area contributed by atoms with E-state index in [4.69, 9.17) is 0 Å².